The Morgan fingerprint density at radius 2 is 2.00 bits per heavy atom. The number of hydrogen-bond acceptors (Lipinski definition) is 2. The summed E-state index contributed by atoms with van der Waals surface area (Å²) in [5.74, 6) is 1.02. The lowest BCUT2D eigenvalue weighted by molar-refractivity contribution is -0.119. The minimum Gasteiger partial charge on any atom is -0.385 e. The number of methoxy groups -OCH3 is 1. The Balaban J connectivity index is 3.34. The van der Waals surface area contributed by atoms with E-state index in [9.17, 15) is 4.79 Å². The van der Waals surface area contributed by atoms with Crippen LogP contribution in [-0.4, -0.2) is 19.5 Å². The predicted molar refractivity (Wildman–Crippen MR) is 54.8 cm³/mol. The molecule has 0 radical (unpaired) electrons. The van der Waals surface area contributed by atoms with Gasteiger partial charge >= 0.3 is 0 Å². The van der Waals surface area contributed by atoms with Crippen molar-refractivity contribution in [2.75, 3.05) is 13.7 Å². The lowest BCUT2D eigenvalue weighted by atomic mass is 9.99. The fourth-order valence-electron chi connectivity index (χ4n) is 1.27. The van der Waals surface area contributed by atoms with Crippen LogP contribution >= 0.6 is 0 Å². The van der Waals surface area contributed by atoms with Gasteiger partial charge < -0.3 is 4.74 Å². The first-order chi connectivity index (χ1) is 6.20. The fourth-order valence-corrected chi connectivity index (χ4v) is 1.27. The maximum Gasteiger partial charge on any atom is 0.132 e. The molecule has 0 aliphatic rings. The summed E-state index contributed by atoms with van der Waals surface area (Å²) in [7, 11) is 1.72. The molecule has 0 rings (SSSR count). The smallest absolute Gasteiger partial charge is 0.132 e. The highest BCUT2D eigenvalue weighted by molar-refractivity contribution is 5.78. The lowest BCUT2D eigenvalue weighted by Crippen LogP contribution is -2.04. The van der Waals surface area contributed by atoms with Crippen LogP contribution in [0.3, 0.4) is 0 Å². The lowest BCUT2D eigenvalue weighted by Gasteiger charge is -2.09. The number of rotatable bonds is 8. The van der Waals surface area contributed by atoms with E-state index in [2.05, 4.69) is 6.92 Å². The first-order valence-electron chi connectivity index (χ1n) is 5.21. The van der Waals surface area contributed by atoms with Gasteiger partial charge in [0.2, 0.25) is 0 Å². The largest absolute Gasteiger partial charge is 0.385 e. The van der Waals surface area contributed by atoms with Gasteiger partial charge in [-0.3, -0.25) is 4.79 Å². The molecule has 78 valence electrons. The van der Waals surface area contributed by atoms with Crippen molar-refractivity contribution in [3.05, 3.63) is 0 Å². The van der Waals surface area contributed by atoms with Crippen LogP contribution in [0.2, 0.25) is 0 Å². The van der Waals surface area contributed by atoms with Gasteiger partial charge in [-0.25, -0.2) is 0 Å². The van der Waals surface area contributed by atoms with Crippen LogP contribution < -0.4 is 0 Å². The number of Topliss-reactive ketones (excluding diaryl/α,β-unsaturated/α-hetero) is 1. The van der Waals surface area contributed by atoms with Gasteiger partial charge in [-0.2, -0.15) is 0 Å². The first kappa shape index (κ1) is 12.6. The molecule has 0 saturated heterocycles. The Bertz CT molecular complexity index is 132. The molecule has 2 nitrogen and oxygen atoms in total. The van der Waals surface area contributed by atoms with Crippen LogP contribution in [0.15, 0.2) is 0 Å². The summed E-state index contributed by atoms with van der Waals surface area (Å²) < 4.78 is 4.98. The Morgan fingerprint density at radius 3 is 2.54 bits per heavy atom. The molecule has 0 aromatic carbocycles. The Morgan fingerprint density at radius 1 is 1.31 bits per heavy atom. The van der Waals surface area contributed by atoms with Crippen molar-refractivity contribution in [3.63, 3.8) is 0 Å². The van der Waals surface area contributed by atoms with E-state index < -0.39 is 0 Å². The van der Waals surface area contributed by atoms with Gasteiger partial charge in [-0.15, -0.1) is 0 Å². The molecule has 0 heterocycles. The molecule has 2 heteroatoms. The van der Waals surface area contributed by atoms with E-state index in [0.29, 0.717) is 11.7 Å². The zero-order chi connectivity index (χ0) is 10.1. The van der Waals surface area contributed by atoms with E-state index in [1.54, 1.807) is 7.11 Å². The van der Waals surface area contributed by atoms with Crippen LogP contribution in [0.4, 0.5) is 0 Å². The van der Waals surface area contributed by atoms with Crippen LogP contribution in [0.1, 0.15) is 46.0 Å². The Hall–Kier alpha value is -0.370. The summed E-state index contributed by atoms with van der Waals surface area (Å²) in [6.07, 6.45) is 4.55. The van der Waals surface area contributed by atoms with E-state index >= 15 is 0 Å². The number of carbonyl (C=O) groups excluding carboxylic acids is 1. The standard InChI is InChI=1S/C11H22O2/c1-4-5-11(12)7-6-10(2)8-9-13-3/h10H,4-9H2,1-3H3. The van der Waals surface area contributed by atoms with Crippen molar-refractivity contribution < 1.29 is 9.53 Å². The molecule has 0 aromatic heterocycles. The monoisotopic (exact) mass is 186 g/mol. The molecule has 0 bridgehead atoms. The van der Waals surface area contributed by atoms with Crippen molar-refractivity contribution in [2.24, 2.45) is 5.92 Å². The van der Waals surface area contributed by atoms with Crippen LogP contribution in [0, 0.1) is 5.92 Å². The SMILES string of the molecule is CCCC(=O)CCC(C)CCOC. The van der Waals surface area contributed by atoms with Gasteiger partial charge in [-0.05, 0) is 25.2 Å². The number of ether oxygens (including phenoxy) is 1. The van der Waals surface area contributed by atoms with E-state index in [-0.39, 0.29) is 0 Å². The summed E-state index contributed by atoms with van der Waals surface area (Å²) in [5.41, 5.74) is 0. The fraction of sp³-hybridized carbons (Fsp3) is 0.909. The molecule has 0 N–H and O–H groups in total. The minimum atomic E-state index is 0.409. The molecule has 0 spiro atoms. The van der Waals surface area contributed by atoms with Crippen LogP contribution in [0.5, 0.6) is 0 Å². The summed E-state index contributed by atoms with van der Waals surface area (Å²) in [6.45, 7) is 5.04. The second kappa shape index (κ2) is 8.24. The van der Waals surface area contributed by atoms with Gasteiger partial charge in [-0.1, -0.05) is 13.8 Å². The van der Waals surface area contributed by atoms with Crippen molar-refractivity contribution in [1.82, 2.24) is 0 Å². The highest BCUT2D eigenvalue weighted by Gasteiger charge is 2.05. The molecule has 0 aromatic rings. The molecule has 1 atom stereocenters. The van der Waals surface area contributed by atoms with Crippen molar-refractivity contribution in [1.29, 1.82) is 0 Å². The van der Waals surface area contributed by atoms with Gasteiger partial charge in [0.25, 0.3) is 0 Å². The zero-order valence-corrected chi connectivity index (χ0v) is 9.14. The second-order valence-corrected chi connectivity index (χ2v) is 3.71. The second-order valence-electron chi connectivity index (χ2n) is 3.71. The van der Waals surface area contributed by atoms with Gasteiger partial charge in [0, 0.05) is 26.6 Å². The molecule has 0 aliphatic heterocycles. The predicted octanol–water partition coefficient (Wildman–Crippen LogP) is 2.81. The van der Waals surface area contributed by atoms with Crippen LogP contribution in [-0.2, 0) is 9.53 Å². The summed E-state index contributed by atoms with van der Waals surface area (Å²) in [5, 5.41) is 0. The van der Waals surface area contributed by atoms with Gasteiger partial charge in [0.1, 0.15) is 5.78 Å². The van der Waals surface area contributed by atoms with E-state index in [0.717, 1.165) is 38.7 Å². The summed E-state index contributed by atoms with van der Waals surface area (Å²) in [4.78, 5) is 11.2. The van der Waals surface area contributed by atoms with Gasteiger partial charge in [0.05, 0.1) is 0 Å². The number of ketones is 1. The molecular formula is C11H22O2. The van der Waals surface area contributed by atoms with E-state index in [1.165, 1.54) is 0 Å². The van der Waals surface area contributed by atoms with E-state index in [1.807, 2.05) is 6.92 Å². The maximum atomic E-state index is 11.2. The molecule has 1 unspecified atom stereocenters. The average Bonchev–Trinajstić information content (AvgIpc) is 2.12. The van der Waals surface area contributed by atoms with E-state index in [4.69, 9.17) is 4.74 Å². The molecule has 13 heavy (non-hydrogen) atoms. The summed E-state index contributed by atoms with van der Waals surface area (Å²) in [6, 6.07) is 0. The third-order valence-electron chi connectivity index (χ3n) is 2.26. The molecule has 0 saturated carbocycles. The highest BCUT2D eigenvalue weighted by Crippen LogP contribution is 2.11. The molecule has 0 fully saturated rings. The molecule has 0 aliphatic carbocycles. The summed E-state index contributed by atoms with van der Waals surface area (Å²) >= 11 is 0. The normalized spacial score (nSPS) is 12.8. The third kappa shape index (κ3) is 7.97. The number of hydrogen-bond donors (Lipinski definition) is 0. The Kier molecular flexibility index (Phi) is 8.00. The zero-order valence-electron chi connectivity index (χ0n) is 9.14. The van der Waals surface area contributed by atoms with Crippen molar-refractivity contribution in [3.8, 4) is 0 Å². The highest BCUT2D eigenvalue weighted by atomic mass is 16.5. The quantitative estimate of drug-likeness (QED) is 0.582. The van der Waals surface area contributed by atoms with Gasteiger partial charge in [0.15, 0.2) is 0 Å². The topological polar surface area (TPSA) is 26.3 Å². The minimum absolute atomic E-state index is 0.409. The molecule has 0 amide bonds. The third-order valence-corrected chi connectivity index (χ3v) is 2.26. The first-order valence-corrected chi connectivity index (χ1v) is 5.21. The van der Waals surface area contributed by atoms with Crippen molar-refractivity contribution in [2.45, 2.75) is 46.0 Å². The van der Waals surface area contributed by atoms with Crippen LogP contribution in [0.25, 0.3) is 0 Å². The van der Waals surface area contributed by atoms with Crippen molar-refractivity contribution >= 4 is 5.78 Å². The number of carbonyl (C=O) groups is 1. The Labute approximate surface area is 81.7 Å². The average molecular weight is 186 g/mol. The maximum absolute atomic E-state index is 11.2. The molecular weight excluding hydrogens is 164 g/mol.